The van der Waals surface area contributed by atoms with Crippen LogP contribution in [0.25, 0.3) is 0 Å². The summed E-state index contributed by atoms with van der Waals surface area (Å²) in [7, 11) is 6.11. The number of thiazole rings is 1. The van der Waals surface area contributed by atoms with E-state index in [-0.39, 0.29) is 18.0 Å². The molecule has 29 heavy (non-hydrogen) atoms. The zero-order valence-corrected chi connectivity index (χ0v) is 16.8. The topological polar surface area (TPSA) is 80.8 Å². The lowest BCUT2D eigenvalue weighted by molar-refractivity contribution is -0.139. The number of esters is 1. The van der Waals surface area contributed by atoms with E-state index in [1.165, 1.54) is 23.5 Å². The van der Waals surface area contributed by atoms with Crippen LogP contribution < -0.4 is 11.2 Å². The molecule has 9 heteroatoms. The minimum Gasteiger partial charge on any atom is -0.463 e. The molecule has 4 rings (SSSR count). The third kappa shape index (κ3) is 3.60. The van der Waals surface area contributed by atoms with Gasteiger partial charge in [0, 0.05) is 23.8 Å². The first-order valence-electron chi connectivity index (χ1n) is 9.43. The molecular formula is C20H20BFN4O2S. The second kappa shape index (κ2) is 8.08. The Kier molecular flexibility index (Phi) is 5.51. The van der Waals surface area contributed by atoms with Gasteiger partial charge in [0.1, 0.15) is 19.7 Å². The SMILES string of the molecule is [B]c1cc(F)ccc1[C@@H]1N=C(c2nccs2)N2CC(CN)CC2=C1C(=O)OCC. The van der Waals surface area contributed by atoms with E-state index < -0.39 is 17.8 Å². The number of carbonyl (C=O) groups is 1. The van der Waals surface area contributed by atoms with Gasteiger partial charge in [0.15, 0.2) is 10.8 Å². The lowest BCUT2D eigenvalue weighted by Gasteiger charge is -2.32. The quantitative estimate of drug-likeness (QED) is 0.599. The maximum Gasteiger partial charge on any atom is 0.338 e. The van der Waals surface area contributed by atoms with Crippen molar-refractivity contribution >= 4 is 36.5 Å². The number of amidine groups is 1. The van der Waals surface area contributed by atoms with E-state index in [9.17, 15) is 9.18 Å². The van der Waals surface area contributed by atoms with Crippen molar-refractivity contribution in [3.05, 3.63) is 57.4 Å². The van der Waals surface area contributed by atoms with Crippen LogP contribution in [0.3, 0.4) is 0 Å². The van der Waals surface area contributed by atoms with Crippen LogP contribution in [0.4, 0.5) is 4.39 Å². The molecule has 1 saturated heterocycles. The van der Waals surface area contributed by atoms with E-state index in [1.54, 1.807) is 19.2 Å². The van der Waals surface area contributed by atoms with Gasteiger partial charge in [-0.1, -0.05) is 11.5 Å². The van der Waals surface area contributed by atoms with Crippen LogP contribution in [-0.2, 0) is 9.53 Å². The van der Waals surface area contributed by atoms with Crippen molar-refractivity contribution in [3.8, 4) is 0 Å². The van der Waals surface area contributed by atoms with Gasteiger partial charge in [-0.3, -0.25) is 4.99 Å². The van der Waals surface area contributed by atoms with Crippen molar-refractivity contribution in [2.75, 3.05) is 19.7 Å². The average molecular weight is 410 g/mol. The fourth-order valence-corrected chi connectivity index (χ4v) is 4.46. The number of nitrogens with two attached hydrogens (primary N) is 1. The van der Waals surface area contributed by atoms with Crippen LogP contribution in [0, 0.1) is 11.7 Å². The standard InChI is InChI=1S/C20H20BFN4O2S/c1-2-28-20(27)16-15-7-11(9-23)10-26(15)18(19-24-5-6-29-19)25-17(16)13-4-3-12(22)8-14(13)21/h3-6,8,11,17H,2,7,9-10,23H2,1H3/t11?,17-/m0/s1. The van der Waals surface area contributed by atoms with E-state index in [0.29, 0.717) is 36.5 Å². The number of fused-ring (bicyclic) bond motifs is 1. The maximum atomic E-state index is 13.7. The average Bonchev–Trinajstić information content (AvgIpc) is 3.37. The Morgan fingerprint density at radius 3 is 2.97 bits per heavy atom. The minimum absolute atomic E-state index is 0.184. The van der Waals surface area contributed by atoms with E-state index >= 15 is 0 Å². The van der Waals surface area contributed by atoms with Gasteiger partial charge in [0.25, 0.3) is 0 Å². The molecule has 0 spiro atoms. The van der Waals surface area contributed by atoms with Gasteiger partial charge in [-0.15, -0.1) is 11.3 Å². The lowest BCUT2D eigenvalue weighted by atomic mass is 9.83. The van der Waals surface area contributed by atoms with Crippen LogP contribution in [0.2, 0.25) is 0 Å². The largest absolute Gasteiger partial charge is 0.463 e. The Hall–Kier alpha value is -2.52. The number of aliphatic imine (C=N–C) groups is 1. The number of nitrogens with zero attached hydrogens (tertiary/aromatic N) is 3. The van der Waals surface area contributed by atoms with Gasteiger partial charge in [0.2, 0.25) is 0 Å². The molecule has 3 heterocycles. The summed E-state index contributed by atoms with van der Waals surface area (Å²) in [5, 5.41) is 2.62. The molecule has 2 aliphatic heterocycles. The Bertz CT molecular complexity index is 992. The summed E-state index contributed by atoms with van der Waals surface area (Å²) >= 11 is 1.47. The van der Waals surface area contributed by atoms with Gasteiger partial charge in [-0.25, -0.2) is 14.2 Å². The molecule has 148 valence electrons. The Morgan fingerprint density at radius 1 is 1.48 bits per heavy atom. The number of hydrogen-bond donors (Lipinski definition) is 1. The van der Waals surface area contributed by atoms with Gasteiger partial charge in [0.05, 0.1) is 12.2 Å². The number of carbonyl (C=O) groups excluding carboxylic acids is 1. The third-order valence-corrected chi connectivity index (χ3v) is 5.90. The summed E-state index contributed by atoms with van der Waals surface area (Å²) in [6.45, 7) is 3.14. The molecule has 2 atom stereocenters. The molecule has 0 saturated carbocycles. The molecular weight excluding hydrogens is 390 g/mol. The highest BCUT2D eigenvalue weighted by Gasteiger charge is 2.41. The molecule has 2 aromatic rings. The number of hydrogen-bond acceptors (Lipinski definition) is 7. The number of ether oxygens (including phenoxy) is 1. The lowest BCUT2D eigenvalue weighted by Crippen LogP contribution is -2.36. The molecule has 1 fully saturated rings. The van der Waals surface area contributed by atoms with Gasteiger partial charge in [-0.05, 0) is 43.5 Å². The number of aromatic nitrogens is 1. The van der Waals surface area contributed by atoms with Crippen molar-refractivity contribution in [2.45, 2.75) is 19.4 Å². The van der Waals surface area contributed by atoms with E-state index in [0.717, 1.165) is 10.7 Å². The molecule has 2 aliphatic rings. The summed E-state index contributed by atoms with van der Waals surface area (Å²) in [5.74, 6) is -0.0281. The Morgan fingerprint density at radius 2 is 2.31 bits per heavy atom. The van der Waals surface area contributed by atoms with Gasteiger partial charge in [-0.2, -0.15) is 0 Å². The highest BCUT2D eigenvalue weighted by molar-refractivity contribution is 7.11. The zero-order valence-electron chi connectivity index (χ0n) is 16.0. The van der Waals surface area contributed by atoms with E-state index in [2.05, 4.69) is 4.98 Å². The summed E-state index contributed by atoms with van der Waals surface area (Å²) < 4.78 is 19.0. The first kappa shape index (κ1) is 19.8. The molecule has 2 radical (unpaired) electrons. The molecule has 1 aromatic heterocycles. The second-order valence-corrected chi connectivity index (χ2v) is 7.86. The molecule has 0 amide bonds. The summed E-state index contributed by atoms with van der Waals surface area (Å²) in [4.78, 5) is 24.2. The maximum absolute atomic E-state index is 13.7. The van der Waals surface area contributed by atoms with Gasteiger partial charge < -0.3 is 15.4 Å². The Labute approximate surface area is 173 Å². The van der Waals surface area contributed by atoms with Crippen molar-refractivity contribution in [1.82, 2.24) is 9.88 Å². The second-order valence-electron chi connectivity index (χ2n) is 6.96. The van der Waals surface area contributed by atoms with Crippen LogP contribution in [0.1, 0.15) is 30.0 Å². The van der Waals surface area contributed by atoms with Crippen LogP contribution in [0.15, 0.2) is 46.0 Å². The van der Waals surface area contributed by atoms with E-state index in [4.69, 9.17) is 23.3 Å². The Balaban J connectivity index is 1.91. The summed E-state index contributed by atoms with van der Waals surface area (Å²) in [6.07, 6.45) is 2.34. The number of benzene rings is 1. The monoisotopic (exact) mass is 410 g/mol. The predicted molar refractivity (Wildman–Crippen MR) is 111 cm³/mol. The first-order valence-corrected chi connectivity index (χ1v) is 10.3. The fraction of sp³-hybridized carbons (Fsp3) is 0.350. The van der Waals surface area contributed by atoms with Crippen LogP contribution >= 0.6 is 11.3 Å². The molecule has 2 N–H and O–H groups in total. The fourth-order valence-electron chi connectivity index (χ4n) is 3.82. The summed E-state index contributed by atoms with van der Waals surface area (Å²) in [5.41, 5.74) is 8.00. The van der Waals surface area contributed by atoms with Crippen molar-refractivity contribution in [2.24, 2.45) is 16.6 Å². The van der Waals surface area contributed by atoms with Crippen LogP contribution in [0.5, 0.6) is 0 Å². The summed E-state index contributed by atoms with van der Waals surface area (Å²) in [6, 6.07) is 3.44. The zero-order chi connectivity index (χ0) is 20.5. The molecule has 6 nitrogen and oxygen atoms in total. The van der Waals surface area contributed by atoms with E-state index in [1.807, 2.05) is 10.3 Å². The van der Waals surface area contributed by atoms with Crippen LogP contribution in [-0.4, -0.2) is 49.2 Å². The number of halogens is 1. The smallest absolute Gasteiger partial charge is 0.338 e. The molecule has 1 unspecified atom stereocenters. The van der Waals surface area contributed by atoms with Crippen molar-refractivity contribution < 1.29 is 13.9 Å². The molecule has 1 aromatic carbocycles. The molecule has 0 bridgehead atoms. The number of rotatable bonds is 5. The first-order chi connectivity index (χ1) is 14.0. The molecule has 0 aliphatic carbocycles. The normalized spacial score (nSPS) is 21.2. The third-order valence-electron chi connectivity index (χ3n) is 5.14. The highest BCUT2D eigenvalue weighted by Crippen LogP contribution is 2.41. The highest BCUT2D eigenvalue weighted by atomic mass is 32.1. The number of allylic oxidation sites excluding steroid dienone is 1. The van der Waals surface area contributed by atoms with Crippen molar-refractivity contribution in [3.63, 3.8) is 0 Å². The van der Waals surface area contributed by atoms with Gasteiger partial charge >= 0.3 is 5.97 Å². The minimum atomic E-state index is -0.698. The predicted octanol–water partition coefficient (Wildman–Crippen LogP) is 1.68. The van der Waals surface area contributed by atoms with Crippen molar-refractivity contribution in [1.29, 1.82) is 0 Å².